The second-order valence-corrected chi connectivity index (χ2v) is 3.99. The molecule has 0 aromatic carbocycles. The minimum atomic E-state index is -1.06. The molecule has 4 nitrogen and oxygen atoms in total. The molecule has 1 rings (SSSR count). The van der Waals surface area contributed by atoms with Gasteiger partial charge in [0.05, 0.1) is 7.11 Å². The van der Waals surface area contributed by atoms with Crippen molar-refractivity contribution in [2.45, 2.75) is 0 Å². The predicted molar refractivity (Wildman–Crippen MR) is 50.3 cm³/mol. The van der Waals surface area contributed by atoms with Gasteiger partial charge in [-0.25, -0.2) is 9.59 Å². The molecule has 0 aliphatic heterocycles. The monoisotopic (exact) mass is 264 g/mol. The molecule has 70 valence electrons. The SMILES string of the molecule is COC(=O)c1cc(Br)c(C(=O)O)s1. The first kappa shape index (κ1) is 10.2. The van der Waals surface area contributed by atoms with Gasteiger partial charge in [0.1, 0.15) is 9.75 Å². The number of esters is 1. The van der Waals surface area contributed by atoms with Gasteiger partial charge in [0.15, 0.2) is 0 Å². The molecule has 0 saturated carbocycles. The van der Waals surface area contributed by atoms with E-state index in [0.29, 0.717) is 4.47 Å². The first-order valence-corrected chi connectivity index (χ1v) is 4.78. The van der Waals surface area contributed by atoms with Crippen LogP contribution in [-0.2, 0) is 4.74 Å². The van der Waals surface area contributed by atoms with E-state index >= 15 is 0 Å². The van der Waals surface area contributed by atoms with E-state index in [4.69, 9.17) is 5.11 Å². The van der Waals surface area contributed by atoms with Crippen LogP contribution in [0.2, 0.25) is 0 Å². The molecule has 1 heterocycles. The van der Waals surface area contributed by atoms with Crippen molar-refractivity contribution in [3.05, 3.63) is 20.3 Å². The molecule has 0 aliphatic carbocycles. The zero-order valence-electron chi connectivity index (χ0n) is 6.54. The molecule has 0 saturated heterocycles. The molecule has 0 spiro atoms. The average molecular weight is 265 g/mol. The van der Waals surface area contributed by atoms with Crippen LogP contribution in [-0.4, -0.2) is 24.2 Å². The highest BCUT2D eigenvalue weighted by atomic mass is 79.9. The van der Waals surface area contributed by atoms with Crippen LogP contribution in [0.3, 0.4) is 0 Å². The molecule has 0 fully saturated rings. The van der Waals surface area contributed by atoms with E-state index in [2.05, 4.69) is 20.7 Å². The minimum absolute atomic E-state index is 0.0976. The Balaban J connectivity index is 3.09. The summed E-state index contributed by atoms with van der Waals surface area (Å²) in [6.45, 7) is 0. The number of thiophene rings is 1. The van der Waals surface area contributed by atoms with Gasteiger partial charge in [-0.2, -0.15) is 0 Å². The fourth-order valence-corrected chi connectivity index (χ4v) is 2.32. The van der Waals surface area contributed by atoms with E-state index in [1.807, 2.05) is 0 Å². The zero-order chi connectivity index (χ0) is 10.0. The van der Waals surface area contributed by atoms with Gasteiger partial charge in [0.25, 0.3) is 0 Å². The van der Waals surface area contributed by atoms with Crippen LogP contribution in [0.4, 0.5) is 0 Å². The number of rotatable bonds is 2. The standard InChI is InChI=1S/C7H5BrO4S/c1-12-7(11)4-2-3(8)5(13-4)6(9)10/h2H,1H3,(H,9,10). The van der Waals surface area contributed by atoms with Crippen molar-refractivity contribution >= 4 is 39.2 Å². The lowest BCUT2D eigenvalue weighted by molar-refractivity contribution is 0.0605. The molecular formula is C7H5BrO4S. The number of carboxylic acid groups (broad SMARTS) is 1. The Hall–Kier alpha value is -0.880. The summed E-state index contributed by atoms with van der Waals surface area (Å²) in [4.78, 5) is 21.9. The van der Waals surface area contributed by atoms with Gasteiger partial charge < -0.3 is 9.84 Å². The van der Waals surface area contributed by atoms with Gasteiger partial charge in [-0.05, 0) is 22.0 Å². The first-order valence-electron chi connectivity index (χ1n) is 3.17. The molecule has 6 heteroatoms. The molecule has 1 aromatic rings. The van der Waals surface area contributed by atoms with Gasteiger partial charge in [-0.15, -0.1) is 11.3 Å². The van der Waals surface area contributed by atoms with Crippen molar-refractivity contribution in [1.29, 1.82) is 0 Å². The van der Waals surface area contributed by atoms with Crippen molar-refractivity contribution in [3.63, 3.8) is 0 Å². The van der Waals surface area contributed by atoms with Crippen molar-refractivity contribution in [3.8, 4) is 0 Å². The molecule has 0 aliphatic rings. The number of aromatic carboxylic acids is 1. The molecule has 0 unspecified atom stereocenters. The summed E-state index contributed by atoms with van der Waals surface area (Å²) in [6.07, 6.45) is 0. The molecule has 13 heavy (non-hydrogen) atoms. The second kappa shape index (κ2) is 3.89. The third kappa shape index (κ3) is 2.07. The highest BCUT2D eigenvalue weighted by molar-refractivity contribution is 9.10. The van der Waals surface area contributed by atoms with Crippen LogP contribution in [0.15, 0.2) is 10.5 Å². The zero-order valence-corrected chi connectivity index (χ0v) is 8.94. The Morgan fingerprint density at radius 1 is 1.62 bits per heavy atom. The number of hydrogen-bond donors (Lipinski definition) is 1. The smallest absolute Gasteiger partial charge is 0.348 e. The summed E-state index contributed by atoms with van der Waals surface area (Å²) >= 11 is 3.92. The molecular weight excluding hydrogens is 260 g/mol. The molecule has 0 radical (unpaired) electrons. The van der Waals surface area contributed by atoms with Gasteiger partial charge in [0.2, 0.25) is 0 Å². The number of hydrogen-bond acceptors (Lipinski definition) is 4. The third-order valence-electron chi connectivity index (χ3n) is 1.27. The Kier molecular flexibility index (Phi) is 3.05. The van der Waals surface area contributed by atoms with Crippen LogP contribution in [0, 0.1) is 0 Å². The highest BCUT2D eigenvalue weighted by Crippen LogP contribution is 2.27. The summed E-state index contributed by atoms with van der Waals surface area (Å²) in [5, 5.41) is 8.66. The maximum Gasteiger partial charge on any atom is 0.348 e. The van der Waals surface area contributed by atoms with E-state index in [1.54, 1.807) is 0 Å². The second-order valence-electron chi connectivity index (χ2n) is 2.08. The minimum Gasteiger partial charge on any atom is -0.477 e. The highest BCUT2D eigenvalue weighted by Gasteiger charge is 2.17. The topological polar surface area (TPSA) is 63.6 Å². The lowest BCUT2D eigenvalue weighted by Gasteiger charge is -1.90. The van der Waals surface area contributed by atoms with Crippen LogP contribution >= 0.6 is 27.3 Å². The number of halogens is 1. The van der Waals surface area contributed by atoms with Gasteiger partial charge in [0, 0.05) is 4.47 Å². The predicted octanol–water partition coefficient (Wildman–Crippen LogP) is 2.00. The summed E-state index contributed by atoms with van der Waals surface area (Å²) in [5.41, 5.74) is 0. The molecule has 1 N–H and O–H groups in total. The average Bonchev–Trinajstić information content (AvgIpc) is 2.46. The third-order valence-corrected chi connectivity index (χ3v) is 3.26. The van der Waals surface area contributed by atoms with E-state index in [1.165, 1.54) is 13.2 Å². The summed E-state index contributed by atoms with van der Waals surface area (Å²) in [7, 11) is 1.25. The number of carbonyl (C=O) groups is 2. The number of ether oxygens (including phenoxy) is 1. The van der Waals surface area contributed by atoms with Crippen molar-refractivity contribution in [2.75, 3.05) is 7.11 Å². The van der Waals surface area contributed by atoms with Crippen LogP contribution in [0.25, 0.3) is 0 Å². The lowest BCUT2D eigenvalue weighted by Crippen LogP contribution is -1.97. The van der Waals surface area contributed by atoms with E-state index in [0.717, 1.165) is 11.3 Å². The Labute approximate surface area is 86.3 Å². The van der Waals surface area contributed by atoms with E-state index < -0.39 is 11.9 Å². The van der Waals surface area contributed by atoms with Crippen LogP contribution in [0.1, 0.15) is 19.3 Å². The van der Waals surface area contributed by atoms with Crippen LogP contribution < -0.4 is 0 Å². The maximum absolute atomic E-state index is 11.0. The lowest BCUT2D eigenvalue weighted by atomic mass is 10.4. The number of carboxylic acids is 1. The van der Waals surface area contributed by atoms with Crippen molar-refractivity contribution in [2.24, 2.45) is 0 Å². The quantitative estimate of drug-likeness (QED) is 0.830. The first-order chi connectivity index (χ1) is 6.06. The molecule has 1 aromatic heterocycles. The number of methoxy groups -OCH3 is 1. The number of carbonyl (C=O) groups excluding carboxylic acids is 1. The van der Waals surface area contributed by atoms with Crippen LogP contribution in [0.5, 0.6) is 0 Å². The van der Waals surface area contributed by atoms with Crippen molar-refractivity contribution in [1.82, 2.24) is 0 Å². The van der Waals surface area contributed by atoms with Gasteiger partial charge >= 0.3 is 11.9 Å². The van der Waals surface area contributed by atoms with Crippen molar-refractivity contribution < 1.29 is 19.4 Å². The summed E-state index contributed by atoms with van der Waals surface area (Å²) in [5.74, 6) is -1.59. The normalized spacial score (nSPS) is 9.69. The van der Waals surface area contributed by atoms with Gasteiger partial charge in [-0.3, -0.25) is 0 Å². The fourth-order valence-electron chi connectivity index (χ4n) is 0.716. The summed E-state index contributed by atoms with van der Waals surface area (Å²) < 4.78 is 4.84. The Morgan fingerprint density at radius 2 is 2.23 bits per heavy atom. The maximum atomic E-state index is 11.0. The molecule has 0 bridgehead atoms. The van der Waals surface area contributed by atoms with Gasteiger partial charge in [-0.1, -0.05) is 0 Å². The summed E-state index contributed by atoms with van der Waals surface area (Å²) in [6, 6.07) is 1.43. The van der Waals surface area contributed by atoms with E-state index in [9.17, 15) is 9.59 Å². The fraction of sp³-hybridized carbons (Fsp3) is 0.143. The van der Waals surface area contributed by atoms with E-state index in [-0.39, 0.29) is 9.75 Å². The Bertz CT molecular complexity index is 357. The molecule has 0 amide bonds. The molecule has 0 atom stereocenters. The Morgan fingerprint density at radius 3 is 2.62 bits per heavy atom. The largest absolute Gasteiger partial charge is 0.477 e.